The third-order valence-corrected chi connectivity index (χ3v) is 2.09. The normalized spacial score (nSPS) is 15.3. The second-order valence-electron chi connectivity index (χ2n) is 3.18. The first-order chi connectivity index (χ1) is 6.26. The van der Waals surface area contributed by atoms with Gasteiger partial charge in [0.25, 0.3) is 0 Å². The summed E-state index contributed by atoms with van der Waals surface area (Å²) in [6.07, 6.45) is 2.86. The van der Waals surface area contributed by atoms with Gasteiger partial charge in [0.2, 0.25) is 6.29 Å². The predicted molar refractivity (Wildman–Crippen MR) is 51.3 cm³/mol. The molecule has 3 heteroatoms. The van der Waals surface area contributed by atoms with Gasteiger partial charge >= 0.3 is 0 Å². The molecule has 0 spiro atoms. The third kappa shape index (κ3) is 5.77. The van der Waals surface area contributed by atoms with E-state index in [1.54, 1.807) is 7.11 Å². The van der Waals surface area contributed by atoms with Crippen LogP contribution in [0, 0.1) is 11.8 Å². The van der Waals surface area contributed by atoms with Crippen molar-refractivity contribution in [2.75, 3.05) is 26.9 Å². The van der Waals surface area contributed by atoms with Gasteiger partial charge in [0.1, 0.15) is 0 Å². The van der Waals surface area contributed by atoms with E-state index in [9.17, 15) is 4.79 Å². The molecule has 0 saturated heterocycles. The molecule has 0 aliphatic heterocycles. The zero-order valence-electron chi connectivity index (χ0n) is 8.71. The highest BCUT2D eigenvalue weighted by Crippen LogP contribution is 2.12. The van der Waals surface area contributed by atoms with Crippen molar-refractivity contribution in [2.45, 2.75) is 20.3 Å². The maximum atomic E-state index is 10.5. The van der Waals surface area contributed by atoms with Gasteiger partial charge in [-0.25, -0.2) is 0 Å². The van der Waals surface area contributed by atoms with Gasteiger partial charge in [-0.2, -0.15) is 0 Å². The number of methoxy groups -OCH3 is 1. The summed E-state index contributed by atoms with van der Waals surface area (Å²) in [5.41, 5.74) is 0. The fraction of sp³-hybridized carbons (Fsp3) is 0.900. The Kier molecular flexibility index (Phi) is 7.94. The highest BCUT2D eigenvalue weighted by Gasteiger charge is 2.15. The highest BCUT2D eigenvalue weighted by atomic mass is 16.5. The Morgan fingerprint density at radius 1 is 1.38 bits per heavy atom. The molecule has 2 atom stereocenters. The van der Waals surface area contributed by atoms with E-state index >= 15 is 0 Å². The quantitative estimate of drug-likeness (QED) is 0.539. The molecule has 0 fully saturated rings. The second-order valence-corrected chi connectivity index (χ2v) is 3.18. The van der Waals surface area contributed by atoms with Crippen molar-refractivity contribution in [2.24, 2.45) is 11.8 Å². The Morgan fingerprint density at radius 2 is 2.08 bits per heavy atom. The van der Waals surface area contributed by atoms with E-state index in [-0.39, 0.29) is 11.8 Å². The Labute approximate surface area is 80.4 Å². The molecule has 0 aromatic carbocycles. The summed E-state index contributed by atoms with van der Waals surface area (Å²) in [4.78, 5) is 10.5. The van der Waals surface area contributed by atoms with Crippen molar-refractivity contribution in [3.8, 4) is 0 Å². The molecule has 13 heavy (non-hydrogen) atoms. The first-order valence-corrected chi connectivity index (χ1v) is 4.70. The van der Waals surface area contributed by atoms with Crippen molar-refractivity contribution >= 4 is 6.29 Å². The minimum Gasteiger partial charge on any atom is -0.382 e. The Balaban J connectivity index is 3.47. The van der Waals surface area contributed by atoms with Crippen LogP contribution in [0.2, 0.25) is 0 Å². The molecule has 0 aromatic heterocycles. The number of carbonyl (C=O) groups excluding carboxylic acids is 1. The van der Waals surface area contributed by atoms with Gasteiger partial charge in [0, 0.05) is 19.6 Å². The fourth-order valence-corrected chi connectivity index (χ4v) is 1.13. The van der Waals surface area contributed by atoms with E-state index < -0.39 is 0 Å². The topological polar surface area (TPSA) is 35.5 Å². The lowest BCUT2D eigenvalue weighted by Crippen LogP contribution is -2.19. The van der Waals surface area contributed by atoms with Gasteiger partial charge in [0.15, 0.2) is 0 Å². The number of hydrogen-bond acceptors (Lipinski definition) is 3. The van der Waals surface area contributed by atoms with Crippen LogP contribution >= 0.6 is 0 Å². The minimum atomic E-state index is 0.00236. The van der Waals surface area contributed by atoms with Crippen LogP contribution in [-0.2, 0) is 14.3 Å². The summed E-state index contributed by atoms with van der Waals surface area (Å²) in [6, 6.07) is 0. The van der Waals surface area contributed by atoms with E-state index in [4.69, 9.17) is 9.47 Å². The fourth-order valence-electron chi connectivity index (χ4n) is 1.13. The van der Waals surface area contributed by atoms with Gasteiger partial charge in [-0.3, -0.25) is 4.79 Å². The molecule has 0 aromatic rings. The zero-order chi connectivity index (χ0) is 10.1. The maximum absolute atomic E-state index is 10.5. The molecule has 77 valence electrons. The summed E-state index contributed by atoms with van der Waals surface area (Å²) in [5.74, 6) is 0.252. The van der Waals surface area contributed by atoms with Gasteiger partial charge in [0.05, 0.1) is 13.2 Å². The third-order valence-electron chi connectivity index (χ3n) is 2.09. The van der Waals surface area contributed by atoms with Crippen LogP contribution in [0.4, 0.5) is 0 Å². The molecule has 0 bridgehead atoms. The Bertz CT molecular complexity index is 125. The molecular formula is C10H19O3. The van der Waals surface area contributed by atoms with Crippen LogP contribution in [0.25, 0.3) is 0 Å². The van der Waals surface area contributed by atoms with E-state index in [2.05, 4.69) is 0 Å². The average molecular weight is 187 g/mol. The minimum absolute atomic E-state index is 0.00236. The molecule has 0 aliphatic carbocycles. The van der Waals surface area contributed by atoms with Crippen LogP contribution in [-0.4, -0.2) is 33.2 Å². The van der Waals surface area contributed by atoms with E-state index in [1.807, 2.05) is 20.1 Å². The summed E-state index contributed by atoms with van der Waals surface area (Å²) in [5, 5.41) is 0. The van der Waals surface area contributed by atoms with Crippen LogP contribution < -0.4 is 0 Å². The highest BCUT2D eigenvalue weighted by molar-refractivity contribution is 5.54. The Hall–Kier alpha value is -0.410. The van der Waals surface area contributed by atoms with Crippen molar-refractivity contribution in [3.05, 3.63) is 0 Å². The summed E-state index contributed by atoms with van der Waals surface area (Å²) >= 11 is 0. The van der Waals surface area contributed by atoms with Crippen LogP contribution in [0.15, 0.2) is 0 Å². The lowest BCUT2D eigenvalue weighted by atomic mass is 9.94. The van der Waals surface area contributed by atoms with Crippen molar-refractivity contribution < 1.29 is 14.3 Å². The molecule has 0 saturated carbocycles. The standard InChI is InChI=1S/C10H19O3/c1-4-10(7-11)9(2)8-13-6-5-12-3/h9-10H,4-6,8H2,1-3H3. The van der Waals surface area contributed by atoms with Gasteiger partial charge in [-0.1, -0.05) is 13.8 Å². The van der Waals surface area contributed by atoms with Crippen molar-refractivity contribution in [3.63, 3.8) is 0 Å². The molecule has 0 aliphatic rings. The molecular weight excluding hydrogens is 168 g/mol. The molecule has 0 N–H and O–H groups in total. The maximum Gasteiger partial charge on any atom is 0.202 e. The van der Waals surface area contributed by atoms with Crippen LogP contribution in [0.5, 0.6) is 0 Å². The van der Waals surface area contributed by atoms with Crippen LogP contribution in [0.3, 0.4) is 0 Å². The number of hydrogen-bond donors (Lipinski definition) is 0. The van der Waals surface area contributed by atoms with E-state index in [1.165, 1.54) is 0 Å². The van der Waals surface area contributed by atoms with Crippen molar-refractivity contribution in [1.82, 2.24) is 0 Å². The molecule has 2 unspecified atom stereocenters. The summed E-state index contributed by atoms with van der Waals surface area (Å²) < 4.78 is 10.2. The number of rotatable bonds is 8. The van der Waals surface area contributed by atoms with Crippen molar-refractivity contribution in [1.29, 1.82) is 0 Å². The first-order valence-electron chi connectivity index (χ1n) is 4.70. The lowest BCUT2D eigenvalue weighted by Gasteiger charge is -2.16. The summed E-state index contributed by atoms with van der Waals surface area (Å²) in [7, 11) is 1.64. The monoisotopic (exact) mass is 187 g/mol. The van der Waals surface area contributed by atoms with Gasteiger partial charge in [-0.15, -0.1) is 0 Å². The molecule has 0 rings (SSSR count). The second kappa shape index (κ2) is 8.20. The Morgan fingerprint density at radius 3 is 2.54 bits per heavy atom. The molecule has 1 radical (unpaired) electrons. The van der Waals surface area contributed by atoms with Gasteiger partial charge < -0.3 is 9.47 Å². The zero-order valence-corrected chi connectivity index (χ0v) is 8.71. The van der Waals surface area contributed by atoms with E-state index in [0.29, 0.717) is 19.8 Å². The van der Waals surface area contributed by atoms with E-state index in [0.717, 1.165) is 6.42 Å². The van der Waals surface area contributed by atoms with Gasteiger partial charge in [-0.05, 0) is 12.3 Å². The first kappa shape index (κ1) is 12.6. The molecule has 3 nitrogen and oxygen atoms in total. The smallest absolute Gasteiger partial charge is 0.202 e. The van der Waals surface area contributed by atoms with Crippen LogP contribution in [0.1, 0.15) is 20.3 Å². The SMILES string of the molecule is CCC([C]=O)C(C)COCCOC. The lowest BCUT2D eigenvalue weighted by molar-refractivity contribution is 0.0480. The molecule has 0 amide bonds. The largest absolute Gasteiger partial charge is 0.382 e. The summed E-state index contributed by atoms with van der Waals surface area (Å²) in [6.45, 7) is 5.80. The predicted octanol–water partition coefficient (Wildman–Crippen LogP) is 1.42. The number of ether oxygens (including phenoxy) is 2. The average Bonchev–Trinajstić information content (AvgIpc) is 2.14. The molecule has 0 heterocycles.